The number of hydrogen-bond acceptors (Lipinski definition) is 3. The van der Waals surface area contributed by atoms with Gasteiger partial charge >= 0.3 is 0 Å². The van der Waals surface area contributed by atoms with Crippen molar-refractivity contribution in [1.82, 2.24) is 9.78 Å². The Morgan fingerprint density at radius 1 is 1.33 bits per heavy atom. The molecule has 0 spiro atoms. The summed E-state index contributed by atoms with van der Waals surface area (Å²) < 4.78 is 9.01. The summed E-state index contributed by atoms with van der Waals surface area (Å²) in [6.07, 6.45) is 1.66. The molecule has 1 aliphatic heterocycles. The van der Waals surface area contributed by atoms with Crippen LogP contribution in [0.2, 0.25) is 0 Å². The van der Waals surface area contributed by atoms with E-state index in [0.29, 0.717) is 30.3 Å². The third-order valence-electron chi connectivity index (χ3n) is 3.48. The molecule has 0 saturated carbocycles. The van der Waals surface area contributed by atoms with Gasteiger partial charge in [0.2, 0.25) is 5.88 Å². The number of aryl methyl sites for hydroxylation is 1. The lowest BCUT2D eigenvalue weighted by atomic mass is 10.1. The fraction of sp³-hybridized carbons (Fsp3) is 0.286. The van der Waals surface area contributed by atoms with E-state index in [1.54, 1.807) is 22.8 Å². The van der Waals surface area contributed by atoms with Crippen molar-refractivity contribution in [2.45, 2.75) is 6.92 Å². The van der Waals surface area contributed by atoms with Gasteiger partial charge in [0, 0.05) is 21.6 Å². The Hall–Kier alpha value is -1.34. The lowest BCUT2D eigenvalue weighted by molar-refractivity contribution is 0.0975. The number of carbonyl (C=O) groups excluding carboxylic acids is 1. The van der Waals surface area contributed by atoms with Crippen LogP contribution in [0.1, 0.15) is 15.9 Å². The maximum absolute atomic E-state index is 12.8. The molecule has 7 heteroatoms. The molecule has 0 aliphatic carbocycles. The van der Waals surface area contributed by atoms with E-state index < -0.39 is 0 Å². The van der Waals surface area contributed by atoms with Crippen molar-refractivity contribution >= 4 is 43.5 Å². The van der Waals surface area contributed by atoms with Crippen LogP contribution in [0.5, 0.6) is 5.88 Å². The number of amides is 1. The molecule has 1 aromatic carbocycles. The van der Waals surface area contributed by atoms with Crippen LogP contribution in [0.4, 0.5) is 5.69 Å². The van der Waals surface area contributed by atoms with Crippen LogP contribution in [-0.4, -0.2) is 28.8 Å². The standard InChI is InChI=1S/C14H13Br2N3O2/c1-8-10(15)5-9(6-11(8)16)13(20)19-3-4-21-14-12(19)7-17-18(14)2/h5-7H,3-4H2,1-2H3. The number of fused-ring (bicyclic) bond motifs is 1. The highest BCUT2D eigenvalue weighted by Crippen LogP contribution is 2.33. The normalized spacial score (nSPS) is 13.8. The van der Waals surface area contributed by atoms with Gasteiger partial charge in [-0.1, -0.05) is 31.9 Å². The van der Waals surface area contributed by atoms with Crippen LogP contribution in [0, 0.1) is 6.92 Å². The quantitative estimate of drug-likeness (QED) is 0.719. The van der Waals surface area contributed by atoms with Crippen molar-refractivity contribution < 1.29 is 9.53 Å². The zero-order valence-corrected chi connectivity index (χ0v) is 14.7. The number of hydrogen-bond donors (Lipinski definition) is 0. The topological polar surface area (TPSA) is 47.4 Å². The highest BCUT2D eigenvalue weighted by atomic mass is 79.9. The Morgan fingerprint density at radius 2 is 2.00 bits per heavy atom. The van der Waals surface area contributed by atoms with Crippen LogP contribution >= 0.6 is 31.9 Å². The van der Waals surface area contributed by atoms with Gasteiger partial charge in [0.25, 0.3) is 5.91 Å². The summed E-state index contributed by atoms with van der Waals surface area (Å²) in [6.45, 7) is 2.96. The van der Waals surface area contributed by atoms with Gasteiger partial charge in [-0.15, -0.1) is 0 Å². The van der Waals surface area contributed by atoms with Gasteiger partial charge in [0.05, 0.1) is 12.7 Å². The fourth-order valence-corrected chi connectivity index (χ4v) is 3.44. The minimum Gasteiger partial charge on any atom is -0.474 e. The average Bonchev–Trinajstić information content (AvgIpc) is 2.85. The van der Waals surface area contributed by atoms with Crippen LogP contribution in [0.15, 0.2) is 27.3 Å². The maximum atomic E-state index is 12.8. The predicted octanol–water partition coefficient (Wildman–Crippen LogP) is 3.29. The molecule has 110 valence electrons. The van der Waals surface area contributed by atoms with Crippen molar-refractivity contribution in [3.05, 3.63) is 38.4 Å². The molecule has 0 unspecified atom stereocenters. The Labute approximate surface area is 139 Å². The third-order valence-corrected chi connectivity index (χ3v) is 5.13. The van der Waals surface area contributed by atoms with E-state index in [1.807, 2.05) is 19.1 Å². The SMILES string of the molecule is Cc1c(Br)cc(C(=O)N2CCOc3c2cnn3C)cc1Br. The summed E-state index contributed by atoms with van der Waals surface area (Å²) in [7, 11) is 1.80. The molecule has 0 fully saturated rings. The van der Waals surface area contributed by atoms with E-state index in [2.05, 4.69) is 37.0 Å². The Bertz CT molecular complexity index is 704. The summed E-state index contributed by atoms with van der Waals surface area (Å²) in [5.74, 6) is 0.564. The molecule has 1 aliphatic rings. The molecule has 0 bridgehead atoms. The van der Waals surface area contributed by atoms with Gasteiger partial charge < -0.3 is 4.74 Å². The van der Waals surface area contributed by atoms with Crippen LogP contribution in [0.3, 0.4) is 0 Å². The van der Waals surface area contributed by atoms with Crippen LogP contribution in [-0.2, 0) is 7.05 Å². The van der Waals surface area contributed by atoms with E-state index in [9.17, 15) is 4.79 Å². The third kappa shape index (κ3) is 2.48. The van der Waals surface area contributed by atoms with Crippen molar-refractivity contribution in [3.63, 3.8) is 0 Å². The minimum atomic E-state index is -0.0612. The number of anilines is 1. The van der Waals surface area contributed by atoms with Crippen molar-refractivity contribution in [3.8, 4) is 5.88 Å². The van der Waals surface area contributed by atoms with E-state index in [1.165, 1.54) is 0 Å². The number of rotatable bonds is 1. The fourth-order valence-electron chi connectivity index (χ4n) is 2.26. The number of carbonyl (C=O) groups is 1. The van der Waals surface area contributed by atoms with E-state index >= 15 is 0 Å². The van der Waals surface area contributed by atoms with Gasteiger partial charge in [0.1, 0.15) is 12.3 Å². The smallest absolute Gasteiger partial charge is 0.258 e. The van der Waals surface area contributed by atoms with E-state index in [-0.39, 0.29) is 5.91 Å². The molecule has 0 atom stereocenters. The summed E-state index contributed by atoms with van der Waals surface area (Å²) in [5.41, 5.74) is 2.40. The number of nitrogens with zero attached hydrogens (tertiary/aromatic N) is 3. The molecule has 3 rings (SSSR count). The van der Waals surface area contributed by atoms with E-state index in [0.717, 1.165) is 14.5 Å². The molecule has 1 amide bonds. The molecule has 1 aromatic heterocycles. The molecule has 2 aromatic rings. The minimum absolute atomic E-state index is 0.0612. The monoisotopic (exact) mass is 413 g/mol. The molecule has 5 nitrogen and oxygen atoms in total. The summed E-state index contributed by atoms with van der Waals surface area (Å²) in [4.78, 5) is 14.5. The molecule has 2 heterocycles. The largest absolute Gasteiger partial charge is 0.474 e. The lowest BCUT2D eigenvalue weighted by Crippen LogP contribution is -2.37. The molecular formula is C14H13Br2N3O2. The van der Waals surface area contributed by atoms with Gasteiger partial charge in [0.15, 0.2) is 0 Å². The first-order chi connectivity index (χ1) is 9.99. The molecular weight excluding hydrogens is 402 g/mol. The number of ether oxygens (including phenoxy) is 1. The molecule has 0 N–H and O–H groups in total. The number of halogens is 2. The Morgan fingerprint density at radius 3 is 2.67 bits per heavy atom. The summed E-state index contributed by atoms with van der Waals surface area (Å²) in [5, 5.41) is 4.15. The van der Waals surface area contributed by atoms with Crippen molar-refractivity contribution in [1.29, 1.82) is 0 Å². The zero-order valence-electron chi connectivity index (χ0n) is 11.6. The highest BCUT2D eigenvalue weighted by molar-refractivity contribution is 9.11. The van der Waals surface area contributed by atoms with Crippen molar-refractivity contribution in [2.24, 2.45) is 7.05 Å². The maximum Gasteiger partial charge on any atom is 0.258 e. The molecule has 21 heavy (non-hydrogen) atoms. The highest BCUT2D eigenvalue weighted by Gasteiger charge is 2.28. The van der Waals surface area contributed by atoms with E-state index in [4.69, 9.17) is 4.74 Å². The first kappa shape index (κ1) is 14.6. The summed E-state index contributed by atoms with van der Waals surface area (Å²) in [6, 6.07) is 3.68. The number of aromatic nitrogens is 2. The Kier molecular flexibility index (Phi) is 3.79. The first-order valence-corrected chi connectivity index (χ1v) is 8.00. The second-order valence-electron chi connectivity index (χ2n) is 4.83. The van der Waals surface area contributed by atoms with Crippen molar-refractivity contribution in [2.75, 3.05) is 18.1 Å². The van der Waals surface area contributed by atoms with Gasteiger partial charge in [-0.25, -0.2) is 4.68 Å². The van der Waals surface area contributed by atoms with Crippen LogP contribution in [0.25, 0.3) is 0 Å². The molecule has 0 radical (unpaired) electrons. The summed E-state index contributed by atoms with van der Waals surface area (Å²) >= 11 is 6.97. The second-order valence-corrected chi connectivity index (χ2v) is 6.54. The average molecular weight is 415 g/mol. The Balaban J connectivity index is 2.00. The second kappa shape index (κ2) is 5.46. The lowest BCUT2D eigenvalue weighted by Gasteiger charge is -2.27. The van der Waals surface area contributed by atoms with Gasteiger partial charge in [-0.2, -0.15) is 5.10 Å². The molecule has 0 saturated heterocycles. The predicted molar refractivity (Wildman–Crippen MR) is 87.0 cm³/mol. The van der Waals surface area contributed by atoms with Gasteiger partial charge in [-0.3, -0.25) is 9.69 Å². The first-order valence-electron chi connectivity index (χ1n) is 6.41. The number of benzene rings is 1. The zero-order chi connectivity index (χ0) is 15.1. The van der Waals surface area contributed by atoms with Gasteiger partial charge in [-0.05, 0) is 24.6 Å². The van der Waals surface area contributed by atoms with Crippen LogP contribution < -0.4 is 9.64 Å².